The number of rotatable bonds is 0. The number of carbonyl (C=O) groups excluding carboxylic acids is 2. The second kappa shape index (κ2) is 6.15. The molecular formula is C18H6F6O2S2. The van der Waals surface area contributed by atoms with E-state index in [9.17, 15) is 35.9 Å². The molecule has 0 amide bonds. The number of thioether (sulfide) groups is 2. The largest absolute Gasteiger partial charge is 0.417 e. The fraction of sp³-hybridized carbons (Fsp3) is 0.111. The average Bonchev–Trinajstić information content (AvgIpc) is 3.11. The molecule has 28 heavy (non-hydrogen) atoms. The van der Waals surface area contributed by atoms with E-state index < -0.39 is 35.0 Å². The summed E-state index contributed by atoms with van der Waals surface area (Å²) in [5.41, 5.74) is -3.50. The number of alkyl halides is 6. The maximum Gasteiger partial charge on any atom is 0.417 e. The number of halogens is 6. The zero-order chi connectivity index (χ0) is 20.4. The van der Waals surface area contributed by atoms with Crippen LogP contribution in [0.5, 0.6) is 0 Å². The SMILES string of the molecule is O=C1C(=C2Sc3cc(C(F)(F)F)c(C(F)(F)F)cc3S2)C(=O)c2ccccc21. The minimum Gasteiger partial charge on any atom is -0.288 e. The van der Waals surface area contributed by atoms with Gasteiger partial charge < -0.3 is 0 Å². The molecule has 0 N–H and O–H groups in total. The number of hydrogen-bond acceptors (Lipinski definition) is 4. The quantitative estimate of drug-likeness (QED) is 0.282. The van der Waals surface area contributed by atoms with Crippen LogP contribution in [0.15, 0.2) is 56.0 Å². The van der Waals surface area contributed by atoms with Crippen LogP contribution in [0.4, 0.5) is 26.3 Å². The Balaban J connectivity index is 1.83. The van der Waals surface area contributed by atoms with Crippen LogP contribution in [0, 0.1) is 0 Å². The Morgan fingerprint density at radius 1 is 0.679 bits per heavy atom. The average molecular weight is 432 g/mol. The van der Waals surface area contributed by atoms with Crippen molar-refractivity contribution < 1.29 is 35.9 Å². The van der Waals surface area contributed by atoms with Crippen molar-refractivity contribution in [3.8, 4) is 0 Å². The molecule has 0 fully saturated rings. The van der Waals surface area contributed by atoms with Crippen molar-refractivity contribution in [1.29, 1.82) is 0 Å². The van der Waals surface area contributed by atoms with Crippen LogP contribution >= 0.6 is 23.5 Å². The van der Waals surface area contributed by atoms with Crippen molar-refractivity contribution in [1.82, 2.24) is 0 Å². The van der Waals surface area contributed by atoms with Crippen molar-refractivity contribution in [2.75, 3.05) is 0 Å². The molecule has 4 rings (SSSR count). The van der Waals surface area contributed by atoms with E-state index in [1.54, 1.807) is 12.1 Å². The zero-order valence-corrected chi connectivity index (χ0v) is 15.0. The molecule has 1 heterocycles. The summed E-state index contributed by atoms with van der Waals surface area (Å²) in [5, 5.41) is 0. The highest BCUT2D eigenvalue weighted by molar-refractivity contribution is 8.24. The van der Waals surface area contributed by atoms with Gasteiger partial charge in [-0.25, -0.2) is 0 Å². The van der Waals surface area contributed by atoms with Crippen LogP contribution in [-0.4, -0.2) is 11.6 Å². The molecule has 0 bridgehead atoms. The number of carbonyl (C=O) groups is 2. The number of allylic oxidation sites excluding steroid dienone is 1. The number of Topliss-reactive ketones (excluding diaryl/α,β-unsaturated/α-hetero) is 2. The van der Waals surface area contributed by atoms with Gasteiger partial charge in [0.15, 0.2) is 11.6 Å². The lowest BCUT2D eigenvalue weighted by molar-refractivity contribution is -0.162. The third kappa shape index (κ3) is 2.95. The smallest absolute Gasteiger partial charge is 0.288 e. The Morgan fingerprint density at radius 3 is 1.43 bits per heavy atom. The van der Waals surface area contributed by atoms with Crippen LogP contribution in [0.3, 0.4) is 0 Å². The molecule has 144 valence electrons. The van der Waals surface area contributed by atoms with E-state index in [0.29, 0.717) is 35.7 Å². The molecule has 0 saturated heterocycles. The first-order valence-electron chi connectivity index (χ1n) is 7.59. The van der Waals surface area contributed by atoms with E-state index >= 15 is 0 Å². The normalized spacial score (nSPS) is 16.6. The highest BCUT2D eigenvalue weighted by atomic mass is 32.2. The van der Waals surface area contributed by atoms with E-state index in [-0.39, 0.29) is 30.7 Å². The molecule has 1 aliphatic heterocycles. The lowest BCUT2D eigenvalue weighted by Crippen LogP contribution is -2.16. The molecule has 0 spiro atoms. The highest BCUT2D eigenvalue weighted by Gasteiger charge is 2.45. The summed E-state index contributed by atoms with van der Waals surface area (Å²) >= 11 is 1.39. The fourth-order valence-electron chi connectivity index (χ4n) is 2.95. The molecule has 0 aromatic heterocycles. The van der Waals surface area contributed by atoms with Gasteiger partial charge in [-0.1, -0.05) is 47.8 Å². The third-order valence-electron chi connectivity index (χ3n) is 4.17. The lowest BCUT2D eigenvalue weighted by Gasteiger charge is -2.16. The topological polar surface area (TPSA) is 34.1 Å². The first kappa shape index (κ1) is 19.1. The van der Waals surface area contributed by atoms with Crippen molar-refractivity contribution >= 4 is 35.1 Å². The molecule has 2 aromatic rings. The Morgan fingerprint density at radius 2 is 1.07 bits per heavy atom. The third-order valence-corrected chi connectivity index (χ3v) is 6.70. The number of hydrogen-bond donors (Lipinski definition) is 0. The van der Waals surface area contributed by atoms with Crippen molar-refractivity contribution in [2.24, 2.45) is 0 Å². The molecular weight excluding hydrogens is 426 g/mol. The van der Waals surface area contributed by atoms with Gasteiger partial charge in [0.2, 0.25) is 0 Å². The van der Waals surface area contributed by atoms with Crippen LogP contribution in [-0.2, 0) is 12.4 Å². The van der Waals surface area contributed by atoms with Crippen molar-refractivity contribution in [3.63, 3.8) is 0 Å². The van der Waals surface area contributed by atoms with Gasteiger partial charge in [0.25, 0.3) is 0 Å². The molecule has 2 nitrogen and oxygen atoms in total. The molecule has 2 aliphatic rings. The molecule has 10 heteroatoms. The number of fused-ring (bicyclic) bond motifs is 2. The van der Waals surface area contributed by atoms with Gasteiger partial charge in [-0.15, -0.1) is 0 Å². The minimum atomic E-state index is -5.20. The standard InChI is InChI=1S/C18H6F6O2S2/c19-17(20,21)9-5-11-12(6-10(9)18(22,23)24)28-16(27-11)13-14(25)7-3-1-2-4-8(7)15(13)26/h1-6H. The second-order valence-corrected chi connectivity index (χ2v) is 8.27. The second-order valence-electron chi connectivity index (χ2n) is 5.91. The van der Waals surface area contributed by atoms with Crippen LogP contribution < -0.4 is 0 Å². The summed E-state index contributed by atoms with van der Waals surface area (Å²) in [6.45, 7) is 0. The molecule has 1 aliphatic carbocycles. The van der Waals surface area contributed by atoms with E-state index in [1.807, 2.05) is 0 Å². The Kier molecular flexibility index (Phi) is 4.20. The predicted octanol–water partition coefficient (Wildman–Crippen LogP) is 6.21. The van der Waals surface area contributed by atoms with Crippen LogP contribution in [0.25, 0.3) is 0 Å². The van der Waals surface area contributed by atoms with Crippen LogP contribution in [0.2, 0.25) is 0 Å². The Bertz CT molecular complexity index is 1000. The lowest BCUT2D eigenvalue weighted by atomic mass is 10.1. The first-order chi connectivity index (χ1) is 13.0. The zero-order valence-electron chi connectivity index (χ0n) is 13.4. The minimum absolute atomic E-state index is 0.0775. The number of ketones is 2. The summed E-state index contributed by atoms with van der Waals surface area (Å²) in [6.07, 6.45) is -10.4. The van der Waals surface area contributed by atoms with Gasteiger partial charge in [0.1, 0.15) is 0 Å². The summed E-state index contributed by atoms with van der Waals surface area (Å²) < 4.78 is 78.8. The van der Waals surface area contributed by atoms with Gasteiger partial charge in [0, 0.05) is 20.9 Å². The van der Waals surface area contributed by atoms with Gasteiger partial charge in [0.05, 0.1) is 20.9 Å². The summed E-state index contributed by atoms with van der Waals surface area (Å²) in [5.74, 6) is -1.18. The highest BCUT2D eigenvalue weighted by Crippen LogP contribution is 2.56. The van der Waals surface area contributed by atoms with Gasteiger partial charge >= 0.3 is 12.4 Å². The molecule has 0 saturated carbocycles. The van der Waals surface area contributed by atoms with E-state index in [0.717, 1.165) is 0 Å². The number of benzene rings is 2. The van der Waals surface area contributed by atoms with Gasteiger partial charge in [-0.05, 0) is 12.1 Å². The van der Waals surface area contributed by atoms with E-state index in [4.69, 9.17) is 0 Å². The maximum absolute atomic E-state index is 13.1. The van der Waals surface area contributed by atoms with Crippen LogP contribution in [0.1, 0.15) is 31.8 Å². The summed E-state index contributed by atoms with van der Waals surface area (Å²) in [7, 11) is 0. The Labute approximate surface area is 162 Å². The monoisotopic (exact) mass is 432 g/mol. The predicted molar refractivity (Wildman–Crippen MR) is 90.3 cm³/mol. The Hall–Kier alpha value is -2.20. The first-order valence-corrected chi connectivity index (χ1v) is 9.22. The molecule has 0 radical (unpaired) electrons. The fourth-order valence-corrected chi connectivity index (χ4v) is 5.55. The molecule has 2 aromatic carbocycles. The van der Waals surface area contributed by atoms with Gasteiger partial charge in [-0.2, -0.15) is 26.3 Å². The van der Waals surface area contributed by atoms with E-state index in [2.05, 4.69) is 0 Å². The summed E-state index contributed by atoms with van der Waals surface area (Å²) in [6, 6.07) is 6.86. The van der Waals surface area contributed by atoms with Gasteiger partial charge in [-0.3, -0.25) is 9.59 Å². The van der Waals surface area contributed by atoms with Crippen molar-refractivity contribution in [2.45, 2.75) is 22.1 Å². The maximum atomic E-state index is 13.1. The molecule has 0 unspecified atom stereocenters. The van der Waals surface area contributed by atoms with E-state index in [1.165, 1.54) is 12.1 Å². The summed E-state index contributed by atoms with van der Waals surface area (Å²) in [4.78, 5) is 24.9. The molecule has 0 atom stereocenters. The van der Waals surface area contributed by atoms with Crippen molar-refractivity contribution in [3.05, 3.63) is 68.5 Å².